The van der Waals surface area contributed by atoms with Gasteiger partial charge in [-0.25, -0.2) is 13.1 Å². The summed E-state index contributed by atoms with van der Waals surface area (Å²) in [5.74, 6) is 0.342. The normalized spacial score (nSPS) is 11.8. The Hall–Kier alpha value is -0.630. The van der Waals surface area contributed by atoms with Gasteiger partial charge in [0.1, 0.15) is 10.6 Å². The van der Waals surface area contributed by atoms with Gasteiger partial charge in [-0.2, -0.15) is 0 Å². The number of halogens is 1. The number of benzene rings is 1. The van der Waals surface area contributed by atoms with Crippen molar-refractivity contribution in [3.63, 3.8) is 0 Å². The molecule has 0 aromatic heterocycles. The fourth-order valence-corrected chi connectivity index (χ4v) is 3.48. The van der Waals surface area contributed by atoms with Gasteiger partial charge in [0.05, 0.1) is 7.11 Å². The van der Waals surface area contributed by atoms with E-state index >= 15 is 0 Å². The van der Waals surface area contributed by atoms with Crippen molar-refractivity contribution in [1.82, 2.24) is 9.62 Å². The molecule has 0 bridgehead atoms. The van der Waals surface area contributed by atoms with Crippen molar-refractivity contribution in [2.75, 3.05) is 34.3 Å². The highest BCUT2D eigenvalue weighted by molar-refractivity contribution is 9.10. The lowest BCUT2D eigenvalue weighted by Gasteiger charge is -2.12. The lowest BCUT2D eigenvalue weighted by molar-refractivity contribution is 0.394. The summed E-state index contributed by atoms with van der Waals surface area (Å²) in [6.45, 7) is 1.37. The molecule has 0 spiro atoms. The summed E-state index contributed by atoms with van der Waals surface area (Å²) < 4.78 is 32.9. The SMILES string of the molecule is COc1ccc(Br)cc1S(=O)(=O)NCCCCN(C)C. The first kappa shape index (κ1) is 17.4. The molecule has 0 radical (unpaired) electrons. The maximum atomic E-state index is 12.2. The highest BCUT2D eigenvalue weighted by Gasteiger charge is 2.19. The van der Waals surface area contributed by atoms with Crippen molar-refractivity contribution in [3.05, 3.63) is 22.7 Å². The molecule has 1 N–H and O–H groups in total. The zero-order chi connectivity index (χ0) is 15.2. The molecule has 0 aliphatic heterocycles. The van der Waals surface area contributed by atoms with E-state index in [-0.39, 0.29) is 4.90 Å². The highest BCUT2D eigenvalue weighted by atomic mass is 79.9. The molecule has 0 atom stereocenters. The van der Waals surface area contributed by atoms with E-state index in [1.165, 1.54) is 7.11 Å². The number of hydrogen-bond acceptors (Lipinski definition) is 4. The Balaban J connectivity index is 2.67. The van der Waals surface area contributed by atoms with Crippen LogP contribution in [0.3, 0.4) is 0 Å². The summed E-state index contributed by atoms with van der Waals surface area (Å²) in [7, 11) is 1.91. The molecule has 0 fully saturated rings. The Labute approximate surface area is 129 Å². The summed E-state index contributed by atoms with van der Waals surface area (Å²) in [6, 6.07) is 4.92. The van der Waals surface area contributed by atoms with Crippen LogP contribution in [0.15, 0.2) is 27.6 Å². The summed E-state index contributed by atoms with van der Waals surface area (Å²) in [6.07, 6.45) is 1.75. The van der Waals surface area contributed by atoms with Crippen LogP contribution in [0.1, 0.15) is 12.8 Å². The lowest BCUT2D eigenvalue weighted by atomic mass is 10.3. The standard InChI is InChI=1S/C13H21BrN2O3S/c1-16(2)9-5-4-8-15-20(17,18)13-10-11(14)6-7-12(13)19-3/h6-7,10,15H,4-5,8-9H2,1-3H3. The Morgan fingerprint density at radius 3 is 2.60 bits per heavy atom. The van der Waals surface area contributed by atoms with Crippen LogP contribution in [0.25, 0.3) is 0 Å². The van der Waals surface area contributed by atoms with Crippen LogP contribution in [-0.4, -0.2) is 47.6 Å². The van der Waals surface area contributed by atoms with Crippen LogP contribution in [0.2, 0.25) is 0 Å². The molecule has 0 saturated heterocycles. The van der Waals surface area contributed by atoms with Gasteiger partial charge in [0.2, 0.25) is 10.0 Å². The molecule has 1 aromatic rings. The molecule has 0 saturated carbocycles. The van der Waals surface area contributed by atoms with E-state index in [9.17, 15) is 8.42 Å². The molecule has 5 nitrogen and oxygen atoms in total. The second kappa shape index (κ2) is 7.97. The minimum Gasteiger partial charge on any atom is -0.495 e. The fraction of sp³-hybridized carbons (Fsp3) is 0.538. The molecule has 0 amide bonds. The first-order chi connectivity index (χ1) is 9.36. The summed E-state index contributed by atoms with van der Waals surface area (Å²) >= 11 is 3.27. The van der Waals surface area contributed by atoms with Crippen molar-refractivity contribution in [2.24, 2.45) is 0 Å². The molecule has 1 rings (SSSR count). The molecule has 114 valence electrons. The number of ether oxygens (including phenoxy) is 1. The van der Waals surface area contributed by atoms with Gasteiger partial charge in [0.25, 0.3) is 0 Å². The Bertz CT molecular complexity index is 532. The number of sulfonamides is 1. The maximum Gasteiger partial charge on any atom is 0.244 e. The average Bonchev–Trinajstić information content (AvgIpc) is 2.37. The molecule has 0 unspecified atom stereocenters. The molecule has 0 heterocycles. The van der Waals surface area contributed by atoms with Crippen LogP contribution in [-0.2, 0) is 10.0 Å². The van der Waals surface area contributed by atoms with Gasteiger partial charge in [-0.3, -0.25) is 0 Å². The van der Waals surface area contributed by atoms with E-state index in [1.54, 1.807) is 18.2 Å². The lowest BCUT2D eigenvalue weighted by Crippen LogP contribution is -2.26. The van der Waals surface area contributed by atoms with Gasteiger partial charge >= 0.3 is 0 Å². The smallest absolute Gasteiger partial charge is 0.244 e. The summed E-state index contributed by atoms with van der Waals surface area (Å²) in [5.41, 5.74) is 0. The predicted octanol–water partition coefficient (Wildman–Crippen LogP) is 2.08. The second-order valence-electron chi connectivity index (χ2n) is 4.70. The van der Waals surface area contributed by atoms with Gasteiger partial charge < -0.3 is 9.64 Å². The van der Waals surface area contributed by atoms with Crippen LogP contribution in [0, 0.1) is 0 Å². The van der Waals surface area contributed by atoms with Crippen molar-refractivity contribution >= 4 is 26.0 Å². The largest absolute Gasteiger partial charge is 0.495 e. The van der Waals surface area contributed by atoms with Gasteiger partial charge in [-0.15, -0.1) is 0 Å². The van der Waals surface area contributed by atoms with Crippen molar-refractivity contribution in [3.8, 4) is 5.75 Å². The number of hydrogen-bond donors (Lipinski definition) is 1. The summed E-state index contributed by atoms with van der Waals surface area (Å²) in [5, 5.41) is 0. The van der Waals surface area contributed by atoms with Crippen molar-refractivity contribution in [1.29, 1.82) is 0 Å². The molecule has 7 heteroatoms. The number of nitrogens with zero attached hydrogens (tertiary/aromatic N) is 1. The predicted molar refractivity (Wildman–Crippen MR) is 83.7 cm³/mol. The molecular weight excluding hydrogens is 344 g/mol. The molecular formula is C13H21BrN2O3S. The van der Waals surface area contributed by atoms with Crippen LogP contribution >= 0.6 is 15.9 Å². The third kappa shape index (κ3) is 5.40. The van der Waals surface area contributed by atoms with E-state index < -0.39 is 10.0 Å². The number of unbranched alkanes of at least 4 members (excludes halogenated alkanes) is 1. The highest BCUT2D eigenvalue weighted by Crippen LogP contribution is 2.26. The topological polar surface area (TPSA) is 58.6 Å². The molecule has 0 aliphatic rings. The van der Waals surface area contributed by atoms with E-state index in [0.717, 1.165) is 19.4 Å². The van der Waals surface area contributed by atoms with Crippen LogP contribution in [0.5, 0.6) is 5.75 Å². The minimum absolute atomic E-state index is 0.155. The Morgan fingerprint density at radius 2 is 2.00 bits per heavy atom. The van der Waals surface area contributed by atoms with Crippen molar-refractivity contribution < 1.29 is 13.2 Å². The monoisotopic (exact) mass is 364 g/mol. The average molecular weight is 365 g/mol. The Kier molecular flexibility index (Phi) is 6.94. The summed E-state index contributed by atoms with van der Waals surface area (Å²) in [4.78, 5) is 2.23. The van der Waals surface area contributed by atoms with Crippen LogP contribution in [0.4, 0.5) is 0 Å². The van der Waals surface area contributed by atoms with E-state index in [4.69, 9.17) is 4.74 Å². The van der Waals surface area contributed by atoms with Gasteiger partial charge in [-0.1, -0.05) is 15.9 Å². The second-order valence-corrected chi connectivity index (χ2v) is 7.35. The zero-order valence-electron chi connectivity index (χ0n) is 12.0. The number of nitrogens with one attached hydrogen (secondary N) is 1. The number of methoxy groups -OCH3 is 1. The van der Waals surface area contributed by atoms with Gasteiger partial charge in [0.15, 0.2) is 0 Å². The minimum atomic E-state index is -3.54. The first-order valence-electron chi connectivity index (χ1n) is 6.35. The Morgan fingerprint density at radius 1 is 1.30 bits per heavy atom. The molecule has 1 aromatic carbocycles. The quantitative estimate of drug-likeness (QED) is 0.717. The van der Waals surface area contributed by atoms with Gasteiger partial charge in [0, 0.05) is 11.0 Å². The zero-order valence-corrected chi connectivity index (χ0v) is 14.4. The molecule has 0 aliphatic carbocycles. The third-order valence-electron chi connectivity index (χ3n) is 2.74. The van der Waals surface area contributed by atoms with Crippen LogP contribution < -0.4 is 9.46 Å². The number of rotatable bonds is 8. The fourth-order valence-electron chi connectivity index (χ4n) is 1.70. The van der Waals surface area contributed by atoms with E-state index in [2.05, 4.69) is 25.6 Å². The van der Waals surface area contributed by atoms with Gasteiger partial charge in [-0.05, 0) is 51.7 Å². The molecule has 20 heavy (non-hydrogen) atoms. The third-order valence-corrected chi connectivity index (χ3v) is 4.71. The first-order valence-corrected chi connectivity index (χ1v) is 8.62. The van der Waals surface area contributed by atoms with E-state index in [0.29, 0.717) is 16.8 Å². The maximum absolute atomic E-state index is 12.2. The van der Waals surface area contributed by atoms with Crippen molar-refractivity contribution in [2.45, 2.75) is 17.7 Å². The van der Waals surface area contributed by atoms with E-state index in [1.807, 2.05) is 14.1 Å².